The lowest BCUT2D eigenvalue weighted by atomic mass is 9.94. The number of carbonyl (C=O) groups excluding carboxylic acids is 3. The van der Waals surface area contributed by atoms with Crippen molar-refractivity contribution in [1.82, 2.24) is 19.6 Å². The molecule has 0 aromatic heterocycles. The number of para-hydroxylation sites is 1. The zero-order valence-corrected chi connectivity index (χ0v) is 28.6. The first kappa shape index (κ1) is 34.5. The number of phenols is 1. The van der Waals surface area contributed by atoms with Gasteiger partial charge in [0.25, 0.3) is 5.91 Å². The summed E-state index contributed by atoms with van der Waals surface area (Å²) < 4.78 is 6.03. The number of anilines is 1. The van der Waals surface area contributed by atoms with Crippen LogP contribution in [0.4, 0.5) is 15.3 Å². The fraction of sp³-hybridized carbons (Fsp3) is 0.568. The van der Waals surface area contributed by atoms with E-state index in [9.17, 15) is 29.4 Å². The maximum atomic E-state index is 14.1. The number of phenolic OH excluding ortho intramolecular Hbond substituents is 1. The predicted octanol–water partition coefficient (Wildman–Crippen LogP) is 4.54. The molecule has 4 heterocycles. The standard InChI is InChI=1S/C37H49N5O7/c1-24-21-26(22-25(2)33(24)43)23-32(34(44)39-16-11-28(12-17-39)41-15-6-5-9-31(41)35(45)46)49-37(48)40-18-13-29(14-19-40)42-20-10-27-7-3-4-8-30(27)38-36(42)47/h3-4,7-8,21-22,28-29,31-32,43H,5-6,9-20,23H2,1-2H3,(H,38,47)(H,45,46)/t31?,32-/m1/s1. The van der Waals surface area contributed by atoms with E-state index in [0.717, 1.165) is 42.6 Å². The Hall–Kier alpha value is -4.32. The van der Waals surface area contributed by atoms with Crippen LogP contribution in [0.5, 0.6) is 5.75 Å². The summed E-state index contributed by atoms with van der Waals surface area (Å²) in [4.78, 5) is 60.0. The molecule has 6 rings (SSSR count). The van der Waals surface area contributed by atoms with E-state index < -0.39 is 24.2 Å². The summed E-state index contributed by atoms with van der Waals surface area (Å²) in [6.45, 7) is 6.70. The number of nitrogens with one attached hydrogen (secondary N) is 1. The van der Waals surface area contributed by atoms with Crippen LogP contribution in [0.3, 0.4) is 0 Å². The van der Waals surface area contributed by atoms with Crippen LogP contribution in [0, 0.1) is 13.8 Å². The van der Waals surface area contributed by atoms with E-state index in [4.69, 9.17) is 4.74 Å². The normalized spacial score (nSPS) is 21.8. The molecule has 3 fully saturated rings. The number of aromatic hydroxyl groups is 1. The lowest BCUT2D eigenvalue weighted by molar-refractivity contribution is -0.148. The van der Waals surface area contributed by atoms with Gasteiger partial charge in [-0.3, -0.25) is 14.5 Å². The highest BCUT2D eigenvalue weighted by Gasteiger charge is 2.39. The van der Waals surface area contributed by atoms with Crippen LogP contribution in [-0.4, -0.2) is 117 Å². The van der Waals surface area contributed by atoms with Gasteiger partial charge in [0.2, 0.25) is 0 Å². The minimum absolute atomic E-state index is 0.0133. The zero-order valence-electron chi connectivity index (χ0n) is 28.6. The van der Waals surface area contributed by atoms with Crippen molar-refractivity contribution in [3.63, 3.8) is 0 Å². The zero-order chi connectivity index (χ0) is 34.7. The summed E-state index contributed by atoms with van der Waals surface area (Å²) in [5.41, 5.74) is 4.11. The summed E-state index contributed by atoms with van der Waals surface area (Å²) in [6, 6.07) is 10.9. The van der Waals surface area contributed by atoms with Crippen LogP contribution in [0.1, 0.15) is 67.2 Å². The first-order valence-corrected chi connectivity index (χ1v) is 17.8. The van der Waals surface area contributed by atoms with Crippen LogP contribution >= 0.6 is 0 Å². The summed E-state index contributed by atoms with van der Waals surface area (Å²) in [7, 11) is 0. The van der Waals surface area contributed by atoms with E-state index in [0.29, 0.717) is 76.0 Å². The molecule has 0 spiro atoms. The Morgan fingerprint density at radius 2 is 1.53 bits per heavy atom. The smallest absolute Gasteiger partial charge is 0.410 e. The Bertz CT molecular complexity index is 1530. The second-order valence-corrected chi connectivity index (χ2v) is 14.0. The molecule has 2 aromatic carbocycles. The summed E-state index contributed by atoms with van der Waals surface area (Å²) in [6.07, 6.45) is 4.39. The number of nitrogens with zero attached hydrogens (tertiary/aromatic N) is 4. The number of amides is 4. The van der Waals surface area contributed by atoms with E-state index in [1.165, 1.54) is 0 Å². The molecule has 1 unspecified atom stereocenters. The number of carboxylic acids is 1. The molecule has 0 saturated carbocycles. The van der Waals surface area contributed by atoms with E-state index in [1.807, 2.05) is 41.3 Å². The number of urea groups is 1. The van der Waals surface area contributed by atoms with Gasteiger partial charge >= 0.3 is 18.1 Å². The van der Waals surface area contributed by atoms with Gasteiger partial charge in [-0.2, -0.15) is 0 Å². The van der Waals surface area contributed by atoms with Crippen molar-refractivity contribution >= 4 is 29.7 Å². The molecule has 4 aliphatic rings. The number of hydrogen-bond acceptors (Lipinski definition) is 7. The SMILES string of the molecule is Cc1cc(C[C@@H](OC(=O)N2CCC(N3CCc4ccccc4NC3=O)CC2)C(=O)N2CCC(N3CCCCC3C(=O)O)CC2)cc(C)c1O. The van der Waals surface area contributed by atoms with Gasteiger partial charge in [0.15, 0.2) is 6.10 Å². The fourth-order valence-electron chi connectivity index (χ4n) is 8.13. The van der Waals surface area contributed by atoms with Crippen LogP contribution < -0.4 is 5.32 Å². The maximum Gasteiger partial charge on any atom is 0.410 e. The van der Waals surface area contributed by atoms with Crippen molar-refractivity contribution in [3.05, 3.63) is 58.7 Å². The Morgan fingerprint density at radius 3 is 2.22 bits per heavy atom. The first-order valence-electron chi connectivity index (χ1n) is 17.8. The summed E-state index contributed by atoms with van der Waals surface area (Å²) in [5.74, 6) is -0.846. The molecule has 0 aliphatic carbocycles. The van der Waals surface area contributed by atoms with Crippen molar-refractivity contribution < 1.29 is 34.1 Å². The van der Waals surface area contributed by atoms with Crippen molar-refractivity contribution in [3.8, 4) is 5.75 Å². The highest BCUT2D eigenvalue weighted by Crippen LogP contribution is 2.29. The molecule has 3 saturated heterocycles. The van der Waals surface area contributed by atoms with Gasteiger partial charge < -0.3 is 35.0 Å². The first-order chi connectivity index (χ1) is 23.6. The topological polar surface area (TPSA) is 143 Å². The van der Waals surface area contributed by atoms with E-state index in [-0.39, 0.29) is 36.2 Å². The molecule has 3 N–H and O–H groups in total. The second-order valence-electron chi connectivity index (χ2n) is 14.0. The number of aliphatic carboxylic acids is 1. The molecule has 0 bridgehead atoms. The number of carbonyl (C=O) groups is 4. The molecule has 0 radical (unpaired) electrons. The molecule has 2 aromatic rings. The third-order valence-corrected chi connectivity index (χ3v) is 10.9. The van der Waals surface area contributed by atoms with E-state index in [2.05, 4.69) is 10.2 Å². The van der Waals surface area contributed by atoms with Gasteiger partial charge in [-0.05, 0) is 93.7 Å². The molecule has 4 amide bonds. The average Bonchev–Trinajstić information content (AvgIpc) is 3.28. The van der Waals surface area contributed by atoms with Gasteiger partial charge in [0, 0.05) is 56.9 Å². The fourth-order valence-corrected chi connectivity index (χ4v) is 8.13. The lowest BCUT2D eigenvalue weighted by Gasteiger charge is -2.43. The molecular formula is C37H49N5O7. The van der Waals surface area contributed by atoms with Gasteiger partial charge in [-0.25, -0.2) is 9.59 Å². The van der Waals surface area contributed by atoms with Gasteiger partial charge in [-0.1, -0.05) is 36.8 Å². The second kappa shape index (κ2) is 15.1. The van der Waals surface area contributed by atoms with Gasteiger partial charge in [0.05, 0.1) is 0 Å². The Morgan fingerprint density at radius 1 is 0.878 bits per heavy atom. The van der Waals surface area contributed by atoms with Crippen LogP contribution in [-0.2, 0) is 27.2 Å². The molecule has 12 nitrogen and oxygen atoms in total. The highest BCUT2D eigenvalue weighted by atomic mass is 16.6. The third-order valence-electron chi connectivity index (χ3n) is 10.9. The monoisotopic (exact) mass is 675 g/mol. The Balaban J connectivity index is 1.09. The minimum atomic E-state index is -1.05. The third kappa shape index (κ3) is 7.79. The average molecular weight is 676 g/mol. The minimum Gasteiger partial charge on any atom is -0.507 e. The molecule has 2 atom stereocenters. The number of benzene rings is 2. The molecule has 264 valence electrons. The Labute approximate surface area is 288 Å². The Kier molecular flexibility index (Phi) is 10.6. The molecular weight excluding hydrogens is 626 g/mol. The maximum absolute atomic E-state index is 14.1. The number of aryl methyl sites for hydroxylation is 2. The van der Waals surface area contributed by atoms with Crippen molar-refractivity contribution in [2.75, 3.05) is 44.6 Å². The van der Waals surface area contributed by atoms with Crippen molar-refractivity contribution in [2.24, 2.45) is 0 Å². The number of rotatable bonds is 7. The molecule has 4 aliphatic heterocycles. The number of fused-ring (bicyclic) bond motifs is 1. The van der Waals surface area contributed by atoms with E-state index >= 15 is 0 Å². The molecule has 49 heavy (non-hydrogen) atoms. The summed E-state index contributed by atoms with van der Waals surface area (Å²) >= 11 is 0. The molecule has 12 heteroatoms. The highest BCUT2D eigenvalue weighted by molar-refractivity contribution is 5.91. The number of likely N-dealkylation sites (tertiary alicyclic amines) is 3. The van der Waals surface area contributed by atoms with Crippen LogP contribution in [0.25, 0.3) is 0 Å². The predicted molar refractivity (Wildman–Crippen MR) is 184 cm³/mol. The van der Waals surface area contributed by atoms with Crippen molar-refractivity contribution in [2.45, 2.75) is 95.9 Å². The number of carboxylic acid groups (broad SMARTS) is 1. The van der Waals surface area contributed by atoms with E-state index in [1.54, 1.807) is 23.6 Å². The van der Waals surface area contributed by atoms with Crippen LogP contribution in [0.15, 0.2) is 36.4 Å². The van der Waals surface area contributed by atoms with Crippen molar-refractivity contribution in [1.29, 1.82) is 0 Å². The van der Waals surface area contributed by atoms with Gasteiger partial charge in [-0.15, -0.1) is 0 Å². The van der Waals surface area contributed by atoms with Gasteiger partial charge in [0.1, 0.15) is 11.8 Å². The quantitative estimate of drug-likeness (QED) is 0.388. The van der Waals surface area contributed by atoms with Crippen LogP contribution in [0.2, 0.25) is 0 Å². The summed E-state index contributed by atoms with van der Waals surface area (Å²) in [5, 5.41) is 23.2. The number of ether oxygens (including phenoxy) is 1. The number of piperidine rings is 3. The number of hydrogen-bond donors (Lipinski definition) is 3. The largest absolute Gasteiger partial charge is 0.507 e. The lowest BCUT2D eigenvalue weighted by Crippen LogP contribution is -2.55.